The molecule has 0 aliphatic carbocycles. The Balaban J connectivity index is -0.0000000291. The first-order valence-electron chi connectivity index (χ1n) is 4.60. The molecule has 1 heterocycles. The maximum atomic E-state index is 10.8. The standard InChI is InChI=1S/C11H10N2O2.11Ar/c1-7-6-10(13(14)15)8(2)9-4-3-5-12-11(7)9;;;;;;;;;;;/h3-6H,1-2H3;;;;;;;;;;;. The third-order valence-electron chi connectivity index (χ3n) is 2.52. The molecule has 0 amide bonds. The number of rotatable bonds is 1. The van der Waals surface area contributed by atoms with Gasteiger partial charge in [-0.1, -0.05) is 6.07 Å². The average molecular weight is 642 g/mol. The summed E-state index contributed by atoms with van der Waals surface area (Å²) in [5.74, 6) is 0. The van der Waals surface area contributed by atoms with Crippen molar-refractivity contribution in [3.8, 4) is 0 Å². The number of nitrogens with zero attached hydrogens (tertiary/aromatic N) is 2. The minimum atomic E-state index is -0.352. The van der Waals surface area contributed by atoms with Gasteiger partial charge in [-0.25, -0.2) is 0 Å². The molecule has 4 nitrogen and oxygen atoms in total. The van der Waals surface area contributed by atoms with Gasteiger partial charge in [-0.2, -0.15) is 0 Å². The Kier molecular flexibility index (Phi) is 99.5. The van der Waals surface area contributed by atoms with Gasteiger partial charge in [-0.3, -0.25) is 15.1 Å². The molecule has 0 saturated carbocycles. The smallest absolute Gasteiger partial charge is 0.258 e. The van der Waals surface area contributed by atoms with Crippen LogP contribution in [0.25, 0.3) is 10.9 Å². The van der Waals surface area contributed by atoms with Gasteiger partial charge < -0.3 is 0 Å². The van der Waals surface area contributed by atoms with Crippen molar-refractivity contribution in [1.29, 1.82) is 0 Å². The largest absolute Gasteiger partial charge is 0.273 e. The van der Waals surface area contributed by atoms with E-state index < -0.39 is 0 Å². The fourth-order valence-electron chi connectivity index (χ4n) is 1.73. The second-order valence-electron chi connectivity index (χ2n) is 3.49. The third kappa shape index (κ3) is 23.7. The summed E-state index contributed by atoms with van der Waals surface area (Å²) in [5, 5.41) is 11.7. The van der Waals surface area contributed by atoms with Gasteiger partial charge >= 0.3 is 0 Å². The molecule has 0 radical (unpaired) electrons. The van der Waals surface area contributed by atoms with Crippen LogP contribution in [0.2, 0.25) is 0 Å². The summed E-state index contributed by atoms with van der Waals surface area (Å²) in [6, 6.07) is 5.22. The van der Waals surface area contributed by atoms with Gasteiger partial charge in [0.2, 0.25) is 0 Å². The van der Waals surface area contributed by atoms with Gasteiger partial charge in [0.15, 0.2) is 0 Å². The predicted octanol–water partition coefficient (Wildman–Crippen LogP) is 2.76. The van der Waals surface area contributed by atoms with Crippen LogP contribution < -0.4 is 0 Å². The van der Waals surface area contributed by atoms with Crippen LogP contribution in [0.5, 0.6) is 0 Å². The van der Waals surface area contributed by atoms with Gasteiger partial charge in [-0.05, 0) is 25.5 Å². The van der Waals surface area contributed by atoms with E-state index in [1.54, 1.807) is 25.3 Å². The Labute approximate surface area is 484 Å². The number of benzene rings is 1. The molecule has 0 bridgehead atoms. The molecule has 0 fully saturated rings. The SMILES string of the molecule is Cc1c([N+](=O)[O-])cc(C)c2ncccc12.[Ar].[Ar].[Ar].[Ar].[Ar].[Ar].[Ar].[Ar].[Ar].[Ar].[Ar]. The first-order valence-corrected chi connectivity index (χ1v) is 4.60. The molecule has 1 aromatic carbocycles. The molecule has 15 heteroatoms. The first kappa shape index (κ1) is 66.3. The summed E-state index contributed by atoms with van der Waals surface area (Å²) in [6.07, 6.45) is 1.70. The van der Waals surface area contributed by atoms with E-state index in [0.29, 0.717) is 5.56 Å². The van der Waals surface area contributed by atoms with Crippen molar-refractivity contribution in [3.63, 3.8) is 0 Å². The quantitative estimate of drug-likeness (QED) is 0.356. The molecule has 0 aliphatic rings. The van der Waals surface area contributed by atoms with E-state index in [1.165, 1.54) is 0 Å². The molecule has 26 heavy (non-hydrogen) atoms. The Morgan fingerprint density at radius 1 is 0.846 bits per heavy atom. The van der Waals surface area contributed by atoms with E-state index in [-0.39, 0.29) is 426 Å². The molecular formula is C11H10Ar11N2O2. The summed E-state index contributed by atoms with van der Waals surface area (Å²) in [5.41, 5.74) is 2.50. The Bertz CT molecular complexity index is 575. The van der Waals surface area contributed by atoms with Crippen LogP contribution in [0, 0.1) is 439 Å². The second-order valence-corrected chi connectivity index (χ2v) is 3.49. The van der Waals surface area contributed by atoms with E-state index in [9.17, 15) is 10.1 Å². The summed E-state index contributed by atoms with van der Waals surface area (Å²) < 4.78 is 0. The number of hydrogen-bond acceptors (Lipinski definition) is 3. The summed E-state index contributed by atoms with van der Waals surface area (Å²) in [6.45, 7) is 3.59. The van der Waals surface area contributed by atoms with Gasteiger partial charge in [0.25, 0.3) is 5.69 Å². The fraction of sp³-hybridized carbons (Fsp3) is 0.182. The van der Waals surface area contributed by atoms with Gasteiger partial charge in [-0.15, -0.1) is 0 Å². The van der Waals surface area contributed by atoms with E-state index in [4.69, 9.17) is 0 Å². The number of aromatic nitrogens is 1. The summed E-state index contributed by atoms with van der Waals surface area (Å²) in [7, 11) is 0. The number of nitro groups is 1. The zero-order valence-electron chi connectivity index (χ0n) is 12.4. The molecule has 2 rings (SSSR count). The van der Waals surface area contributed by atoms with Crippen molar-refractivity contribution >= 4 is 16.6 Å². The van der Waals surface area contributed by atoms with Crippen molar-refractivity contribution in [2.45, 2.75) is 13.8 Å². The van der Waals surface area contributed by atoms with Crippen LogP contribution in [0.4, 0.5) is 5.69 Å². The van der Waals surface area contributed by atoms with Crippen molar-refractivity contribution in [2.75, 3.05) is 0 Å². The molecule has 0 saturated heterocycles. The van der Waals surface area contributed by atoms with Crippen molar-refractivity contribution < 1.29 is 420 Å². The Morgan fingerprint density at radius 2 is 1.27 bits per heavy atom. The summed E-state index contributed by atoms with van der Waals surface area (Å²) in [4.78, 5) is 14.7. The molecule has 0 aliphatic heterocycles. The number of nitro benzene ring substituents is 1. The van der Waals surface area contributed by atoms with Crippen LogP contribution in [-0.2, 0) is 0 Å². The van der Waals surface area contributed by atoms with E-state index in [2.05, 4.69) is 4.98 Å². The zero-order valence-corrected chi connectivity index (χ0v) is 20.2. The normalized spacial score (nSPS) is 6.08. The van der Waals surface area contributed by atoms with E-state index >= 15 is 0 Å². The molecule has 0 N–H and O–H groups in total. The van der Waals surface area contributed by atoms with Crippen molar-refractivity contribution in [3.05, 3.63) is 45.6 Å². The van der Waals surface area contributed by atoms with Crippen molar-refractivity contribution in [1.82, 2.24) is 4.98 Å². The van der Waals surface area contributed by atoms with Gasteiger partial charge in [0.1, 0.15) is 0 Å². The number of fused-ring (bicyclic) bond motifs is 1. The maximum absolute atomic E-state index is 10.8. The summed E-state index contributed by atoms with van der Waals surface area (Å²) >= 11 is 0. The number of aryl methyl sites for hydroxylation is 2. The van der Waals surface area contributed by atoms with Crippen LogP contribution in [0.1, 0.15) is 11.1 Å². The average Bonchev–Trinajstić information content (AvgIpc) is 2.23. The number of hydrogen-bond donors (Lipinski definition) is 0. The molecule has 1 aromatic heterocycles. The molecular weight excluding hydrogens is 632 g/mol. The predicted molar refractivity (Wildman–Crippen MR) is 57.9 cm³/mol. The topological polar surface area (TPSA) is 56.0 Å². The maximum Gasteiger partial charge on any atom is 0.273 e. The Morgan fingerprint density at radius 3 is 1.65 bits per heavy atom. The fourth-order valence-corrected chi connectivity index (χ4v) is 1.73. The monoisotopic (exact) mass is 642 g/mol. The van der Waals surface area contributed by atoms with Gasteiger partial charge in [0, 0.05) is 438 Å². The first-order chi connectivity index (χ1) is 7.11. The van der Waals surface area contributed by atoms with Crippen LogP contribution in [0.3, 0.4) is 0 Å². The minimum Gasteiger partial charge on any atom is -0.258 e. The third-order valence-corrected chi connectivity index (χ3v) is 2.52. The molecule has 164 valence electrons. The molecule has 0 unspecified atom stereocenters. The van der Waals surface area contributed by atoms with Crippen LogP contribution >= 0.6 is 0 Å². The van der Waals surface area contributed by atoms with Crippen LogP contribution in [0.15, 0.2) is 24.4 Å². The number of pyridine rings is 1. The van der Waals surface area contributed by atoms with Crippen LogP contribution in [-0.4, -0.2) is 9.91 Å². The van der Waals surface area contributed by atoms with E-state index in [1.807, 2.05) is 13.0 Å². The molecule has 2 aromatic rings. The molecule has 0 atom stereocenters. The minimum absolute atomic E-state index is 0. The van der Waals surface area contributed by atoms with E-state index in [0.717, 1.165) is 16.5 Å². The second kappa shape index (κ2) is 39.0. The van der Waals surface area contributed by atoms with Gasteiger partial charge in [0.05, 0.1) is 10.4 Å². The Hall–Kier alpha value is 11.9. The molecule has 0 spiro atoms. The zero-order chi connectivity index (χ0) is 11.0. The van der Waals surface area contributed by atoms with Crippen molar-refractivity contribution in [2.24, 2.45) is 0 Å².